The molecule has 0 fully saturated rings. The number of aromatic nitrogens is 1. The molecule has 0 aliphatic rings. The highest BCUT2D eigenvalue weighted by atomic mass is 32.2. The molecule has 1 heterocycles. The Morgan fingerprint density at radius 2 is 1.68 bits per heavy atom. The van der Waals surface area contributed by atoms with Gasteiger partial charge in [-0.25, -0.2) is 9.37 Å². The van der Waals surface area contributed by atoms with Crippen LogP contribution in [-0.4, -0.2) is 33.6 Å². The number of nitrogens with zero attached hydrogens (tertiary/aromatic N) is 1. The summed E-state index contributed by atoms with van der Waals surface area (Å²) in [6.07, 6.45) is -0.314. The highest BCUT2D eigenvalue weighted by molar-refractivity contribution is 8.00. The van der Waals surface area contributed by atoms with E-state index in [0.29, 0.717) is 16.5 Å². The van der Waals surface area contributed by atoms with E-state index in [1.807, 2.05) is 0 Å². The van der Waals surface area contributed by atoms with Crippen molar-refractivity contribution >= 4 is 51.7 Å². The zero-order valence-electron chi connectivity index (χ0n) is 16.1. The Morgan fingerprint density at radius 3 is 2.35 bits per heavy atom. The van der Waals surface area contributed by atoms with E-state index in [-0.39, 0.29) is 36.2 Å². The summed E-state index contributed by atoms with van der Waals surface area (Å²) in [4.78, 5) is 39.5. The van der Waals surface area contributed by atoms with Crippen molar-refractivity contribution in [3.05, 3.63) is 59.7 Å². The van der Waals surface area contributed by atoms with Crippen molar-refractivity contribution in [2.45, 2.75) is 17.7 Å². The molecule has 2 amide bonds. The van der Waals surface area contributed by atoms with Gasteiger partial charge in [0.25, 0.3) is 0 Å². The third kappa shape index (κ3) is 7.19. The molecule has 1 aromatic heterocycles. The molecule has 160 valence electrons. The molecule has 0 unspecified atom stereocenters. The molecule has 0 saturated carbocycles. The number of halogens is 1. The lowest BCUT2D eigenvalue weighted by Crippen LogP contribution is -2.14. The van der Waals surface area contributed by atoms with Gasteiger partial charge in [0.2, 0.25) is 11.8 Å². The van der Waals surface area contributed by atoms with Crippen molar-refractivity contribution in [2.75, 3.05) is 16.4 Å². The van der Waals surface area contributed by atoms with E-state index >= 15 is 0 Å². The number of nitrogens with one attached hydrogen (secondary N) is 2. The van der Waals surface area contributed by atoms with Crippen LogP contribution >= 0.6 is 23.1 Å². The number of hydrogen-bond acceptors (Lipinski definition) is 6. The van der Waals surface area contributed by atoms with Crippen LogP contribution in [0.5, 0.6) is 0 Å². The molecule has 2 aromatic carbocycles. The van der Waals surface area contributed by atoms with Gasteiger partial charge in [-0.1, -0.05) is 0 Å². The van der Waals surface area contributed by atoms with Gasteiger partial charge in [-0.15, -0.1) is 23.1 Å². The molecule has 0 saturated heterocycles. The topological polar surface area (TPSA) is 108 Å². The predicted octanol–water partition coefficient (Wildman–Crippen LogP) is 4.48. The first-order chi connectivity index (χ1) is 14.9. The van der Waals surface area contributed by atoms with Gasteiger partial charge in [0.05, 0.1) is 17.9 Å². The van der Waals surface area contributed by atoms with Gasteiger partial charge in [0.15, 0.2) is 5.13 Å². The molecule has 7 nitrogen and oxygen atoms in total. The van der Waals surface area contributed by atoms with Crippen molar-refractivity contribution in [1.82, 2.24) is 4.98 Å². The highest BCUT2D eigenvalue weighted by Gasteiger charge is 2.10. The normalized spacial score (nSPS) is 10.5. The minimum absolute atomic E-state index is 0.0916. The monoisotopic (exact) mass is 459 g/mol. The number of thiazole rings is 1. The molecule has 0 radical (unpaired) electrons. The van der Waals surface area contributed by atoms with Gasteiger partial charge < -0.3 is 15.7 Å². The Bertz CT molecular complexity index is 1070. The number of carbonyl (C=O) groups excluding carboxylic acids is 2. The summed E-state index contributed by atoms with van der Waals surface area (Å²) in [5.74, 6) is -1.75. The van der Waals surface area contributed by atoms with Crippen molar-refractivity contribution < 1.29 is 23.9 Å². The molecule has 31 heavy (non-hydrogen) atoms. The first-order valence-electron chi connectivity index (χ1n) is 9.15. The summed E-state index contributed by atoms with van der Waals surface area (Å²) in [5.41, 5.74) is 1.98. The SMILES string of the molecule is O=C(O)CCC(=O)Nc1ccc(SCC(=O)Nc2nc(-c3ccc(F)cc3)cs2)cc1. The van der Waals surface area contributed by atoms with Crippen LogP contribution in [0.4, 0.5) is 15.2 Å². The molecule has 3 aromatic rings. The maximum atomic E-state index is 13.0. The fourth-order valence-corrected chi connectivity index (χ4v) is 3.90. The number of carbonyl (C=O) groups is 3. The molecule has 0 aliphatic heterocycles. The second-order valence-electron chi connectivity index (χ2n) is 6.35. The average molecular weight is 460 g/mol. The first kappa shape index (κ1) is 22.4. The summed E-state index contributed by atoms with van der Waals surface area (Å²) >= 11 is 2.62. The Morgan fingerprint density at radius 1 is 0.968 bits per heavy atom. The Balaban J connectivity index is 1.46. The maximum absolute atomic E-state index is 13.0. The molecule has 0 spiro atoms. The van der Waals surface area contributed by atoms with Crippen molar-refractivity contribution in [3.63, 3.8) is 0 Å². The molecule has 0 bridgehead atoms. The largest absolute Gasteiger partial charge is 0.481 e. The molecule has 3 N–H and O–H groups in total. The predicted molar refractivity (Wildman–Crippen MR) is 119 cm³/mol. The van der Waals surface area contributed by atoms with Crippen molar-refractivity contribution in [3.8, 4) is 11.3 Å². The lowest BCUT2D eigenvalue weighted by molar-refractivity contribution is -0.138. The highest BCUT2D eigenvalue weighted by Crippen LogP contribution is 2.26. The van der Waals surface area contributed by atoms with Crippen LogP contribution in [0, 0.1) is 5.82 Å². The lowest BCUT2D eigenvalue weighted by atomic mass is 10.2. The first-order valence-corrected chi connectivity index (χ1v) is 11.0. The number of anilines is 2. The van der Waals surface area contributed by atoms with Crippen LogP contribution in [0.3, 0.4) is 0 Å². The van der Waals surface area contributed by atoms with Crippen LogP contribution in [0.2, 0.25) is 0 Å². The zero-order valence-corrected chi connectivity index (χ0v) is 17.8. The fourth-order valence-electron chi connectivity index (χ4n) is 2.47. The van der Waals surface area contributed by atoms with E-state index in [2.05, 4.69) is 15.6 Å². The number of amides is 2. The van der Waals surface area contributed by atoms with E-state index in [1.54, 1.807) is 41.8 Å². The zero-order chi connectivity index (χ0) is 22.2. The lowest BCUT2D eigenvalue weighted by Gasteiger charge is -2.06. The van der Waals surface area contributed by atoms with Gasteiger partial charge in [-0.3, -0.25) is 14.4 Å². The molecule has 10 heteroatoms. The van der Waals surface area contributed by atoms with Crippen molar-refractivity contribution in [2.24, 2.45) is 0 Å². The number of carboxylic acids is 1. The van der Waals surface area contributed by atoms with Gasteiger partial charge in [-0.2, -0.15) is 0 Å². The number of benzene rings is 2. The number of hydrogen-bond donors (Lipinski definition) is 3. The molecular formula is C21H18FN3O4S2. The number of rotatable bonds is 9. The summed E-state index contributed by atoms with van der Waals surface area (Å²) in [7, 11) is 0. The second-order valence-corrected chi connectivity index (χ2v) is 8.25. The Labute approximate surface area is 185 Å². The fraction of sp³-hybridized carbons (Fsp3) is 0.143. The second kappa shape index (κ2) is 10.7. The third-order valence-electron chi connectivity index (χ3n) is 3.96. The van der Waals surface area contributed by atoms with Crippen LogP contribution < -0.4 is 10.6 Å². The van der Waals surface area contributed by atoms with Crippen LogP contribution in [0.25, 0.3) is 11.3 Å². The standard InChI is InChI=1S/C21H18FN3O4S2/c22-14-3-1-13(2-4-14)17-11-31-21(24-17)25-19(27)12-30-16-7-5-15(6-8-16)23-18(26)9-10-20(28)29/h1-8,11H,9-10,12H2,(H,23,26)(H,28,29)(H,24,25,27). The Hall–Kier alpha value is -3.24. The van der Waals surface area contributed by atoms with Crippen molar-refractivity contribution in [1.29, 1.82) is 0 Å². The van der Waals surface area contributed by atoms with Crippen LogP contribution in [0.1, 0.15) is 12.8 Å². The third-order valence-corrected chi connectivity index (χ3v) is 5.73. The van der Waals surface area contributed by atoms with Gasteiger partial charge in [-0.05, 0) is 48.5 Å². The summed E-state index contributed by atoms with van der Waals surface area (Å²) in [6.45, 7) is 0. The summed E-state index contributed by atoms with van der Waals surface area (Å²) < 4.78 is 13.0. The minimum Gasteiger partial charge on any atom is -0.481 e. The number of thioether (sulfide) groups is 1. The number of carboxylic acid groups (broad SMARTS) is 1. The average Bonchev–Trinajstić information content (AvgIpc) is 3.20. The van der Waals surface area contributed by atoms with Gasteiger partial charge in [0, 0.05) is 27.9 Å². The smallest absolute Gasteiger partial charge is 0.303 e. The number of aliphatic carboxylic acids is 1. The quantitative estimate of drug-likeness (QED) is 0.407. The Kier molecular flexibility index (Phi) is 7.74. The maximum Gasteiger partial charge on any atom is 0.303 e. The minimum atomic E-state index is -1.02. The molecule has 3 rings (SSSR count). The van der Waals surface area contributed by atoms with E-state index in [0.717, 1.165) is 10.5 Å². The van der Waals surface area contributed by atoms with E-state index in [9.17, 15) is 18.8 Å². The van der Waals surface area contributed by atoms with E-state index < -0.39 is 5.97 Å². The molecule has 0 aliphatic carbocycles. The van der Waals surface area contributed by atoms with Crippen LogP contribution in [0.15, 0.2) is 58.8 Å². The van der Waals surface area contributed by atoms with E-state index in [4.69, 9.17) is 5.11 Å². The summed E-state index contributed by atoms with van der Waals surface area (Å²) in [6, 6.07) is 12.9. The molecule has 0 atom stereocenters. The molecular weight excluding hydrogens is 441 g/mol. The van der Waals surface area contributed by atoms with Gasteiger partial charge >= 0.3 is 5.97 Å². The van der Waals surface area contributed by atoms with Gasteiger partial charge in [0.1, 0.15) is 5.82 Å². The summed E-state index contributed by atoms with van der Waals surface area (Å²) in [5, 5.41) is 16.2. The van der Waals surface area contributed by atoms with Crippen LogP contribution in [-0.2, 0) is 14.4 Å². The van der Waals surface area contributed by atoms with E-state index in [1.165, 1.54) is 35.2 Å².